The number of nitrogens with one attached hydrogen (secondary N) is 2. The van der Waals surface area contributed by atoms with Gasteiger partial charge < -0.3 is 19.7 Å². The summed E-state index contributed by atoms with van der Waals surface area (Å²) in [5, 5.41) is 15.9. The van der Waals surface area contributed by atoms with Crippen molar-refractivity contribution in [3.63, 3.8) is 0 Å². The monoisotopic (exact) mass is 504 g/mol. The van der Waals surface area contributed by atoms with E-state index in [0.29, 0.717) is 57.7 Å². The van der Waals surface area contributed by atoms with Crippen LogP contribution >= 0.6 is 0 Å². The smallest absolute Gasteiger partial charge is 0.413 e. The molecular formula is C26H44N6O4. The number of hydrogen-bond acceptors (Lipinski definition) is 7. The van der Waals surface area contributed by atoms with Gasteiger partial charge in [0.2, 0.25) is 11.9 Å². The summed E-state index contributed by atoms with van der Waals surface area (Å²) >= 11 is 0. The maximum atomic E-state index is 13.6. The summed E-state index contributed by atoms with van der Waals surface area (Å²) in [4.78, 5) is 34.8. The summed E-state index contributed by atoms with van der Waals surface area (Å²) in [5.74, 6) is 0.997. The molecule has 2 saturated heterocycles. The fourth-order valence-corrected chi connectivity index (χ4v) is 5.34. The van der Waals surface area contributed by atoms with Crippen molar-refractivity contribution < 1.29 is 19.1 Å². The summed E-state index contributed by atoms with van der Waals surface area (Å²) in [5.41, 5.74) is -0.918. The lowest BCUT2D eigenvalue weighted by molar-refractivity contribution is -0.124. The molecule has 0 aromatic heterocycles. The second-order valence-electron chi connectivity index (χ2n) is 10.9. The van der Waals surface area contributed by atoms with Crippen LogP contribution in [0.25, 0.3) is 0 Å². The normalized spacial score (nSPS) is 28.4. The van der Waals surface area contributed by atoms with Gasteiger partial charge in [-0.25, -0.2) is 9.79 Å². The van der Waals surface area contributed by atoms with Crippen molar-refractivity contribution in [3.05, 3.63) is 0 Å². The molecule has 0 bridgehead atoms. The molecule has 10 heteroatoms. The molecule has 1 saturated carbocycles. The van der Waals surface area contributed by atoms with E-state index in [1.54, 1.807) is 6.92 Å². The van der Waals surface area contributed by atoms with E-state index in [0.717, 1.165) is 25.3 Å². The molecule has 2 aliphatic heterocycles. The van der Waals surface area contributed by atoms with Gasteiger partial charge in [-0.1, -0.05) is 20.8 Å². The molecule has 2 heterocycles. The topological polar surface area (TPSA) is 119 Å². The average molecular weight is 505 g/mol. The minimum Gasteiger partial charge on any atom is -0.450 e. The van der Waals surface area contributed by atoms with Gasteiger partial charge in [0.15, 0.2) is 0 Å². The number of morpholine rings is 1. The first kappa shape index (κ1) is 28.2. The van der Waals surface area contributed by atoms with Gasteiger partial charge in [-0.3, -0.25) is 15.0 Å². The number of rotatable bonds is 7. The minimum absolute atomic E-state index is 0.195. The van der Waals surface area contributed by atoms with E-state index in [2.05, 4.69) is 28.5 Å². The summed E-state index contributed by atoms with van der Waals surface area (Å²) in [7, 11) is 0. The minimum atomic E-state index is -0.918. The van der Waals surface area contributed by atoms with Crippen molar-refractivity contribution in [1.82, 2.24) is 20.4 Å². The van der Waals surface area contributed by atoms with Gasteiger partial charge in [0, 0.05) is 32.2 Å². The van der Waals surface area contributed by atoms with Crippen LogP contribution in [0.5, 0.6) is 0 Å². The lowest BCUT2D eigenvalue weighted by atomic mass is 9.86. The van der Waals surface area contributed by atoms with Crippen LogP contribution in [0.3, 0.4) is 0 Å². The van der Waals surface area contributed by atoms with Gasteiger partial charge in [0.05, 0.1) is 25.9 Å². The predicted octanol–water partition coefficient (Wildman–Crippen LogP) is 2.50. The summed E-state index contributed by atoms with van der Waals surface area (Å²) in [6, 6.07) is 2.17. The second kappa shape index (κ2) is 13.2. The Morgan fingerprint density at radius 2 is 1.89 bits per heavy atom. The maximum Gasteiger partial charge on any atom is 0.413 e. The lowest BCUT2D eigenvalue weighted by Gasteiger charge is -2.34. The number of ether oxygens (including phenoxy) is 2. The third kappa shape index (κ3) is 7.81. The SMILES string of the molecule is CCOC(=O)NC(=NC(CC(C)C)C(=O)NC1(C#N)CCN(C2CCC(C)CC2)C1)N1CCOCC1. The highest BCUT2D eigenvalue weighted by atomic mass is 16.5. The lowest BCUT2D eigenvalue weighted by Crippen LogP contribution is -2.54. The molecule has 3 rings (SSSR count). The molecule has 0 aromatic carbocycles. The van der Waals surface area contributed by atoms with E-state index in [4.69, 9.17) is 14.5 Å². The molecule has 3 aliphatic rings. The molecular weight excluding hydrogens is 460 g/mol. The van der Waals surface area contributed by atoms with Gasteiger partial charge in [0.1, 0.15) is 11.6 Å². The first-order chi connectivity index (χ1) is 17.2. The number of alkyl carbamates (subject to hydrolysis) is 1. The number of carbonyl (C=O) groups excluding carboxylic acids is 2. The number of guanidine groups is 1. The molecule has 2 amide bonds. The Bertz CT molecular complexity index is 814. The number of carbonyl (C=O) groups is 2. The van der Waals surface area contributed by atoms with E-state index < -0.39 is 17.7 Å². The van der Waals surface area contributed by atoms with E-state index in [9.17, 15) is 14.9 Å². The molecule has 202 valence electrons. The molecule has 10 nitrogen and oxygen atoms in total. The first-order valence-corrected chi connectivity index (χ1v) is 13.6. The molecule has 2 unspecified atom stereocenters. The second-order valence-corrected chi connectivity index (χ2v) is 10.9. The number of aliphatic imine (C=N–C) groups is 1. The number of nitrogens with zero attached hydrogens (tertiary/aromatic N) is 4. The van der Waals surface area contributed by atoms with Crippen molar-refractivity contribution in [2.45, 2.75) is 83.8 Å². The van der Waals surface area contributed by atoms with Crippen LogP contribution in [0.1, 0.15) is 66.2 Å². The number of amides is 2. The molecule has 0 spiro atoms. The number of hydrogen-bond donors (Lipinski definition) is 2. The summed E-state index contributed by atoms with van der Waals surface area (Å²) in [6.07, 6.45) is 5.24. The predicted molar refractivity (Wildman–Crippen MR) is 137 cm³/mol. The standard InChI is InChI=1S/C26H44N6O4/c1-5-36-25(34)29-24(31-12-14-35-15-13-31)28-22(16-19(2)3)23(33)30-26(17-27)10-11-32(18-26)21-8-6-20(4)7-9-21/h19-22H,5-16,18H2,1-4H3,(H,30,33)(H,28,29,34). The van der Waals surface area contributed by atoms with Crippen LogP contribution in [0, 0.1) is 23.2 Å². The Labute approximate surface area is 215 Å². The Hall–Kier alpha value is -2.38. The zero-order chi connectivity index (χ0) is 26.1. The van der Waals surface area contributed by atoms with Gasteiger partial charge in [-0.05, 0) is 57.3 Å². The quantitative estimate of drug-likeness (QED) is 0.404. The van der Waals surface area contributed by atoms with Crippen molar-refractivity contribution in [2.24, 2.45) is 16.8 Å². The Balaban J connectivity index is 1.75. The van der Waals surface area contributed by atoms with Gasteiger partial charge in [0.25, 0.3) is 0 Å². The van der Waals surface area contributed by atoms with Crippen molar-refractivity contribution >= 4 is 18.0 Å². The molecule has 2 atom stereocenters. The third-order valence-corrected chi connectivity index (χ3v) is 7.45. The Morgan fingerprint density at radius 1 is 1.19 bits per heavy atom. The van der Waals surface area contributed by atoms with Crippen molar-refractivity contribution in [3.8, 4) is 6.07 Å². The van der Waals surface area contributed by atoms with Crippen LogP contribution in [0.4, 0.5) is 4.79 Å². The average Bonchev–Trinajstić information content (AvgIpc) is 3.28. The van der Waals surface area contributed by atoms with Crippen LogP contribution in [-0.2, 0) is 14.3 Å². The fraction of sp³-hybridized carbons (Fsp3) is 0.846. The largest absolute Gasteiger partial charge is 0.450 e. The van der Waals surface area contributed by atoms with E-state index in [-0.39, 0.29) is 18.4 Å². The van der Waals surface area contributed by atoms with Gasteiger partial charge in [-0.15, -0.1) is 0 Å². The Morgan fingerprint density at radius 3 is 2.50 bits per heavy atom. The van der Waals surface area contributed by atoms with Crippen LogP contribution < -0.4 is 10.6 Å². The zero-order valence-electron chi connectivity index (χ0n) is 22.4. The van der Waals surface area contributed by atoms with Crippen molar-refractivity contribution in [2.75, 3.05) is 46.0 Å². The van der Waals surface area contributed by atoms with E-state index in [1.165, 1.54) is 12.8 Å². The highest BCUT2D eigenvalue weighted by Crippen LogP contribution is 2.32. The molecule has 1 aliphatic carbocycles. The van der Waals surface area contributed by atoms with Crippen LogP contribution in [-0.4, -0.2) is 91.4 Å². The highest BCUT2D eigenvalue weighted by Gasteiger charge is 2.43. The van der Waals surface area contributed by atoms with Crippen LogP contribution in [0.2, 0.25) is 0 Å². The molecule has 36 heavy (non-hydrogen) atoms. The molecule has 0 radical (unpaired) electrons. The van der Waals surface area contributed by atoms with Gasteiger partial charge >= 0.3 is 6.09 Å². The van der Waals surface area contributed by atoms with Crippen molar-refractivity contribution in [1.29, 1.82) is 5.26 Å². The Kier molecular flexibility index (Phi) is 10.4. The zero-order valence-corrected chi connectivity index (χ0v) is 22.4. The third-order valence-electron chi connectivity index (χ3n) is 7.45. The fourth-order valence-electron chi connectivity index (χ4n) is 5.34. The number of nitriles is 1. The maximum absolute atomic E-state index is 13.6. The molecule has 2 N–H and O–H groups in total. The summed E-state index contributed by atoms with van der Waals surface area (Å²) in [6.45, 7) is 11.8. The molecule has 0 aromatic rings. The van der Waals surface area contributed by atoms with Crippen LogP contribution in [0.15, 0.2) is 4.99 Å². The van der Waals surface area contributed by atoms with Gasteiger partial charge in [-0.2, -0.15) is 5.26 Å². The van der Waals surface area contributed by atoms with E-state index >= 15 is 0 Å². The van der Waals surface area contributed by atoms with E-state index in [1.807, 2.05) is 18.7 Å². The number of likely N-dealkylation sites (tertiary alicyclic amines) is 1. The first-order valence-electron chi connectivity index (χ1n) is 13.6. The molecule has 3 fully saturated rings. The highest BCUT2D eigenvalue weighted by molar-refractivity contribution is 5.96. The summed E-state index contributed by atoms with van der Waals surface area (Å²) < 4.78 is 10.5.